The van der Waals surface area contributed by atoms with Crippen LogP contribution in [-0.4, -0.2) is 48.0 Å². The maximum atomic E-state index is 4.61. The molecule has 3 nitrogen and oxygen atoms in total. The zero-order chi connectivity index (χ0) is 11.0. The summed E-state index contributed by atoms with van der Waals surface area (Å²) >= 11 is 1.99. The first-order chi connectivity index (χ1) is 7.83. The second-order valence-corrected chi connectivity index (χ2v) is 6.53. The van der Waals surface area contributed by atoms with E-state index in [2.05, 4.69) is 22.3 Å². The highest BCUT2D eigenvalue weighted by molar-refractivity contribution is 8.14. The van der Waals surface area contributed by atoms with Crippen LogP contribution in [0.2, 0.25) is 0 Å². The second-order valence-electron chi connectivity index (χ2n) is 5.30. The molecule has 0 amide bonds. The molecular weight excluding hydrogens is 218 g/mol. The number of amidine groups is 1. The smallest absolute Gasteiger partial charge is 0.156 e. The highest BCUT2D eigenvalue weighted by Gasteiger charge is 2.35. The molecule has 2 unspecified atom stereocenters. The van der Waals surface area contributed by atoms with E-state index in [0.717, 1.165) is 30.3 Å². The lowest BCUT2D eigenvalue weighted by Crippen LogP contribution is -2.37. The van der Waals surface area contributed by atoms with Crippen molar-refractivity contribution in [1.82, 2.24) is 10.2 Å². The zero-order valence-corrected chi connectivity index (χ0v) is 10.8. The third kappa shape index (κ3) is 2.38. The first-order valence-corrected chi connectivity index (χ1v) is 7.36. The van der Waals surface area contributed by atoms with Crippen LogP contribution in [0.25, 0.3) is 0 Å². The Labute approximate surface area is 102 Å². The molecule has 0 aromatic heterocycles. The summed E-state index contributed by atoms with van der Waals surface area (Å²) in [5.41, 5.74) is 0. The standard InChI is InChI=1S/C12H21N3S/c1-15-6-2-3-10(15)7-13-12-14-8-11(16-12)9-4-5-9/h9-11H,2-8H2,1H3,(H,13,14). The van der Waals surface area contributed by atoms with E-state index in [1.807, 2.05) is 11.8 Å². The van der Waals surface area contributed by atoms with Crippen molar-refractivity contribution < 1.29 is 0 Å². The molecule has 3 aliphatic rings. The van der Waals surface area contributed by atoms with E-state index < -0.39 is 0 Å². The Hall–Kier alpha value is -0.220. The number of hydrogen-bond acceptors (Lipinski definition) is 4. The number of hydrogen-bond donors (Lipinski definition) is 1. The van der Waals surface area contributed by atoms with Crippen LogP contribution in [0.4, 0.5) is 0 Å². The average molecular weight is 239 g/mol. The van der Waals surface area contributed by atoms with Gasteiger partial charge in [-0.15, -0.1) is 0 Å². The molecule has 0 bridgehead atoms. The molecular formula is C12H21N3S. The van der Waals surface area contributed by atoms with Gasteiger partial charge in [0.2, 0.25) is 0 Å². The summed E-state index contributed by atoms with van der Waals surface area (Å²) in [7, 11) is 2.23. The van der Waals surface area contributed by atoms with Crippen molar-refractivity contribution in [2.45, 2.75) is 37.0 Å². The Morgan fingerprint density at radius 2 is 2.31 bits per heavy atom. The molecule has 2 aliphatic heterocycles. The summed E-state index contributed by atoms with van der Waals surface area (Å²) in [6, 6.07) is 0.725. The number of aliphatic imine (C=N–C) groups is 1. The Bertz CT molecular complexity index is 288. The van der Waals surface area contributed by atoms with E-state index in [9.17, 15) is 0 Å². The van der Waals surface area contributed by atoms with Crippen molar-refractivity contribution in [3.8, 4) is 0 Å². The highest BCUT2D eigenvalue weighted by Crippen LogP contribution is 2.41. The summed E-state index contributed by atoms with van der Waals surface area (Å²) in [6.45, 7) is 3.40. The molecule has 0 aromatic rings. The summed E-state index contributed by atoms with van der Waals surface area (Å²) < 4.78 is 0. The quantitative estimate of drug-likeness (QED) is 0.810. The summed E-state index contributed by atoms with van der Waals surface area (Å²) in [5, 5.41) is 5.54. The minimum absolute atomic E-state index is 0.725. The lowest BCUT2D eigenvalue weighted by atomic mass is 10.2. The average Bonchev–Trinajstić information content (AvgIpc) is 2.89. The molecule has 16 heavy (non-hydrogen) atoms. The maximum absolute atomic E-state index is 4.61. The fourth-order valence-corrected chi connectivity index (χ4v) is 3.86. The topological polar surface area (TPSA) is 27.6 Å². The van der Waals surface area contributed by atoms with Gasteiger partial charge < -0.3 is 10.2 Å². The highest BCUT2D eigenvalue weighted by atomic mass is 32.2. The van der Waals surface area contributed by atoms with Gasteiger partial charge in [-0.2, -0.15) is 0 Å². The molecule has 3 rings (SSSR count). The molecule has 0 aromatic carbocycles. The molecule has 2 fully saturated rings. The van der Waals surface area contributed by atoms with Gasteiger partial charge >= 0.3 is 0 Å². The zero-order valence-electron chi connectivity index (χ0n) is 9.98. The van der Waals surface area contributed by atoms with Crippen LogP contribution in [0.3, 0.4) is 0 Å². The molecule has 0 radical (unpaired) electrons. The van der Waals surface area contributed by atoms with Crippen LogP contribution in [0.5, 0.6) is 0 Å². The molecule has 1 saturated carbocycles. The van der Waals surface area contributed by atoms with E-state index in [1.54, 1.807) is 0 Å². The predicted octanol–water partition coefficient (Wildman–Crippen LogP) is 1.55. The van der Waals surface area contributed by atoms with Gasteiger partial charge in [0, 0.05) is 17.8 Å². The van der Waals surface area contributed by atoms with Crippen LogP contribution >= 0.6 is 11.8 Å². The van der Waals surface area contributed by atoms with Gasteiger partial charge in [0.1, 0.15) is 0 Å². The lowest BCUT2D eigenvalue weighted by molar-refractivity contribution is 0.310. The molecule has 1 N–H and O–H groups in total. The normalized spacial score (nSPS) is 35.4. The van der Waals surface area contributed by atoms with Crippen molar-refractivity contribution in [3.63, 3.8) is 0 Å². The molecule has 2 heterocycles. The summed E-state index contributed by atoms with van der Waals surface area (Å²) in [4.78, 5) is 7.08. The van der Waals surface area contributed by atoms with Gasteiger partial charge in [-0.1, -0.05) is 11.8 Å². The Morgan fingerprint density at radius 1 is 1.44 bits per heavy atom. The lowest BCUT2D eigenvalue weighted by Gasteiger charge is -2.20. The molecule has 0 spiro atoms. The van der Waals surface area contributed by atoms with E-state index in [0.29, 0.717) is 0 Å². The minimum atomic E-state index is 0.725. The van der Waals surface area contributed by atoms with Gasteiger partial charge in [-0.05, 0) is 45.2 Å². The van der Waals surface area contributed by atoms with Crippen LogP contribution < -0.4 is 5.32 Å². The monoisotopic (exact) mass is 239 g/mol. The Morgan fingerprint density at radius 3 is 3.00 bits per heavy atom. The van der Waals surface area contributed by atoms with Crippen molar-refractivity contribution in [2.75, 3.05) is 26.7 Å². The van der Waals surface area contributed by atoms with Gasteiger partial charge in [-0.3, -0.25) is 4.99 Å². The molecule has 1 aliphatic carbocycles. The molecule has 2 atom stereocenters. The first kappa shape index (κ1) is 10.9. The van der Waals surface area contributed by atoms with Crippen molar-refractivity contribution in [2.24, 2.45) is 10.9 Å². The number of rotatable bonds is 3. The number of nitrogens with one attached hydrogen (secondary N) is 1. The van der Waals surface area contributed by atoms with Crippen molar-refractivity contribution in [1.29, 1.82) is 0 Å². The van der Waals surface area contributed by atoms with Gasteiger partial charge in [0.15, 0.2) is 5.17 Å². The van der Waals surface area contributed by atoms with E-state index >= 15 is 0 Å². The summed E-state index contributed by atoms with van der Waals surface area (Å²) in [5.74, 6) is 0.974. The largest absolute Gasteiger partial charge is 0.363 e. The van der Waals surface area contributed by atoms with Crippen molar-refractivity contribution in [3.05, 3.63) is 0 Å². The van der Waals surface area contributed by atoms with E-state index in [-0.39, 0.29) is 0 Å². The SMILES string of the molecule is CN1CCCC1CNC1=NCC(C2CC2)S1. The second kappa shape index (κ2) is 4.57. The van der Waals surface area contributed by atoms with E-state index in [1.165, 1.54) is 37.4 Å². The minimum Gasteiger partial charge on any atom is -0.363 e. The van der Waals surface area contributed by atoms with E-state index in [4.69, 9.17) is 0 Å². The third-order valence-electron chi connectivity index (χ3n) is 3.99. The molecule has 1 saturated heterocycles. The van der Waals surface area contributed by atoms with Crippen LogP contribution in [-0.2, 0) is 0 Å². The number of nitrogens with zero attached hydrogens (tertiary/aromatic N) is 2. The summed E-state index contributed by atoms with van der Waals surface area (Å²) in [6.07, 6.45) is 5.57. The van der Waals surface area contributed by atoms with Crippen molar-refractivity contribution >= 4 is 16.9 Å². The molecule has 90 valence electrons. The fraction of sp³-hybridized carbons (Fsp3) is 0.917. The predicted molar refractivity (Wildman–Crippen MR) is 70.1 cm³/mol. The molecule has 4 heteroatoms. The third-order valence-corrected chi connectivity index (χ3v) is 5.32. The van der Waals surface area contributed by atoms with Crippen LogP contribution in [0, 0.1) is 5.92 Å². The Kier molecular flexibility index (Phi) is 3.11. The Balaban J connectivity index is 1.42. The van der Waals surface area contributed by atoms with Gasteiger partial charge in [0.25, 0.3) is 0 Å². The fourth-order valence-electron chi connectivity index (χ4n) is 2.64. The number of likely N-dealkylation sites (tertiary alicyclic amines) is 1. The van der Waals surface area contributed by atoms with Crippen LogP contribution in [0.1, 0.15) is 25.7 Å². The van der Waals surface area contributed by atoms with Gasteiger partial charge in [-0.25, -0.2) is 0 Å². The number of thioether (sulfide) groups is 1. The van der Waals surface area contributed by atoms with Crippen LogP contribution in [0.15, 0.2) is 4.99 Å². The number of likely N-dealkylation sites (N-methyl/N-ethyl adjacent to an activating group) is 1. The van der Waals surface area contributed by atoms with Gasteiger partial charge in [0.05, 0.1) is 6.54 Å². The maximum Gasteiger partial charge on any atom is 0.156 e. The first-order valence-electron chi connectivity index (χ1n) is 6.48.